The average Bonchev–Trinajstić information content (AvgIpc) is 2.32. The number of hydrogen-bond acceptors (Lipinski definition) is 3. The number of H-pyrrole nitrogens is 1. The van der Waals surface area contributed by atoms with E-state index < -0.39 is 0 Å². The largest absolute Gasteiger partial charge is 0.299 e. The molecule has 2 heterocycles. The maximum absolute atomic E-state index is 11.3. The number of carbonyl (C=O) groups is 1. The lowest BCUT2D eigenvalue weighted by Gasteiger charge is -2.07. The Labute approximate surface area is 78.3 Å². The van der Waals surface area contributed by atoms with Gasteiger partial charge in [-0.3, -0.25) is 19.5 Å². The molecule has 68 valence electrons. The highest BCUT2D eigenvalue weighted by Gasteiger charge is 2.28. The smallest absolute Gasteiger partial charge is 0.257 e. The predicted octanol–water partition coefficient (Wildman–Crippen LogP) is -0.0578. The summed E-state index contributed by atoms with van der Waals surface area (Å²) in [5, 5.41) is 0.00491. The van der Waals surface area contributed by atoms with E-state index in [1.807, 2.05) is 0 Å². The van der Waals surface area contributed by atoms with Crippen LogP contribution in [0, 0.1) is 0 Å². The molecule has 0 fully saturated rings. The van der Waals surface area contributed by atoms with Crippen LogP contribution in [-0.2, 0) is 11.2 Å². The van der Waals surface area contributed by atoms with Crippen LogP contribution in [0.25, 0.3) is 0 Å². The van der Waals surface area contributed by atoms with Gasteiger partial charge in [0.25, 0.3) is 5.56 Å². The van der Waals surface area contributed by atoms with Crippen molar-refractivity contribution in [2.75, 3.05) is 11.9 Å². The molecule has 1 aliphatic rings. The van der Waals surface area contributed by atoms with Crippen LogP contribution in [-0.4, -0.2) is 22.9 Å². The molecule has 0 radical (unpaired) electrons. The van der Waals surface area contributed by atoms with Crippen molar-refractivity contribution >= 4 is 23.3 Å². The summed E-state index contributed by atoms with van der Waals surface area (Å²) < 4.78 is 0. The predicted molar refractivity (Wildman–Crippen MR) is 47.0 cm³/mol. The summed E-state index contributed by atoms with van der Waals surface area (Å²) in [6, 6.07) is 0. The van der Waals surface area contributed by atoms with Crippen LogP contribution in [0.2, 0.25) is 5.28 Å². The van der Waals surface area contributed by atoms with Crippen molar-refractivity contribution in [2.45, 2.75) is 6.42 Å². The van der Waals surface area contributed by atoms with Crippen LogP contribution >= 0.6 is 11.6 Å². The first-order valence-corrected chi connectivity index (χ1v) is 4.02. The van der Waals surface area contributed by atoms with E-state index in [1.54, 1.807) is 7.05 Å². The van der Waals surface area contributed by atoms with Gasteiger partial charge in [-0.05, 0) is 11.6 Å². The molecule has 0 atom stereocenters. The summed E-state index contributed by atoms with van der Waals surface area (Å²) in [5.74, 6) is 0.217. The fourth-order valence-corrected chi connectivity index (χ4v) is 1.45. The summed E-state index contributed by atoms with van der Waals surface area (Å²) >= 11 is 5.54. The number of anilines is 1. The number of aromatic nitrogens is 2. The highest BCUT2D eigenvalue weighted by atomic mass is 35.5. The molecule has 2 rings (SSSR count). The van der Waals surface area contributed by atoms with E-state index in [1.165, 1.54) is 4.90 Å². The molecule has 5 nitrogen and oxygen atoms in total. The molecular weight excluding hydrogens is 194 g/mol. The third kappa shape index (κ3) is 1.12. The standard InChI is InChI=1S/C7H6ClN3O2/c1-11-4(12)2-3-5(11)9-7(8)10-6(3)13/h2H2,1H3,(H,9,10,13). The van der Waals surface area contributed by atoms with Crippen LogP contribution in [0.3, 0.4) is 0 Å². The lowest BCUT2D eigenvalue weighted by atomic mass is 10.3. The Balaban J connectivity index is 2.71. The minimum absolute atomic E-state index is 0.00491. The van der Waals surface area contributed by atoms with Gasteiger partial charge in [-0.15, -0.1) is 0 Å². The lowest BCUT2D eigenvalue weighted by Crippen LogP contribution is -2.21. The summed E-state index contributed by atoms with van der Waals surface area (Å²) in [6.45, 7) is 0. The number of hydrogen-bond donors (Lipinski definition) is 1. The zero-order valence-corrected chi connectivity index (χ0v) is 7.55. The number of nitrogens with zero attached hydrogens (tertiary/aromatic N) is 2. The van der Waals surface area contributed by atoms with E-state index >= 15 is 0 Å². The maximum atomic E-state index is 11.3. The SMILES string of the molecule is CN1C(=O)Cc2c1nc(Cl)[nH]c2=O. The van der Waals surface area contributed by atoms with Crippen LogP contribution in [0.5, 0.6) is 0 Å². The van der Waals surface area contributed by atoms with Gasteiger partial charge in [-0.25, -0.2) is 4.98 Å². The van der Waals surface area contributed by atoms with Gasteiger partial charge in [0.05, 0.1) is 12.0 Å². The molecule has 0 saturated carbocycles. The third-order valence-corrected chi connectivity index (χ3v) is 2.16. The Morgan fingerprint density at radius 1 is 1.54 bits per heavy atom. The highest BCUT2D eigenvalue weighted by molar-refractivity contribution is 6.28. The van der Waals surface area contributed by atoms with E-state index in [0.29, 0.717) is 11.4 Å². The number of likely N-dealkylation sites (N-methyl/N-ethyl adjacent to an activating group) is 1. The number of fused-ring (bicyclic) bond motifs is 1. The number of nitrogens with one attached hydrogen (secondary N) is 1. The van der Waals surface area contributed by atoms with E-state index in [4.69, 9.17) is 11.6 Å². The Kier molecular flexibility index (Phi) is 1.63. The molecule has 13 heavy (non-hydrogen) atoms. The molecule has 1 aromatic heterocycles. The molecule has 0 aromatic carbocycles. The molecule has 0 aliphatic carbocycles. The summed E-state index contributed by atoms with van der Waals surface area (Å²) in [4.78, 5) is 30.0. The molecule has 0 bridgehead atoms. The Bertz CT molecular complexity index is 440. The second-order valence-electron chi connectivity index (χ2n) is 2.79. The Hall–Kier alpha value is -1.36. The Morgan fingerprint density at radius 2 is 2.23 bits per heavy atom. The van der Waals surface area contributed by atoms with Gasteiger partial charge < -0.3 is 0 Å². The second kappa shape index (κ2) is 2.56. The molecule has 0 unspecified atom stereocenters. The number of amides is 1. The van der Waals surface area contributed by atoms with Crippen molar-refractivity contribution in [3.8, 4) is 0 Å². The Morgan fingerprint density at radius 3 is 2.92 bits per heavy atom. The van der Waals surface area contributed by atoms with Crippen molar-refractivity contribution in [3.63, 3.8) is 0 Å². The quantitative estimate of drug-likeness (QED) is 0.596. The molecule has 1 N–H and O–H groups in total. The molecule has 0 spiro atoms. The van der Waals surface area contributed by atoms with E-state index in [0.717, 1.165) is 0 Å². The van der Waals surface area contributed by atoms with E-state index in [-0.39, 0.29) is 23.2 Å². The summed E-state index contributed by atoms with van der Waals surface area (Å²) in [6.07, 6.45) is 0.103. The van der Waals surface area contributed by atoms with E-state index in [9.17, 15) is 9.59 Å². The first kappa shape index (κ1) is 8.25. The van der Waals surface area contributed by atoms with E-state index in [2.05, 4.69) is 9.97 Å². The first-order chi connectivity index (χ1) is 6.09. The van der Waals surface area contributed by atoms with Crippen LogP contribution < -0.4 is 10.5 Å². The zero-order chi connectivity index (χ0) is 9.59. The molecular formula is C7H6ClN3O2. The number of rotatable bonds is 0. The number of aromatic amines is 1. The van der Waals surface area contributed by atoms with Gasteiger partial charge in [-0.2, -0.15) is 0 Å². The second-order valence-corrected chi connectivity index (χ2v) is 3.15. The van der Waals surface area contributed by atoms with Gasteiger partial charge >= 0.3 is 0 Å². The minimum Gasteiger partial charge on any atom is -0.299 e. The normalized spacial score (nSPS) is 14.9. The monoisotopic (exact) mass is 199 g/mol. The number of carbonyl (C=O) groups excluding carboxylic acids is 1. The molecule has 1 aliphatic heterocycles. The number of halogens is 1. The minimum atomic E-state index is -0.340. The van der Waals surface area contributed by atoms with Gasteiger partial charge in [-0.1, -0.05) is 0 Å². The maximum Gasteiger partial charge on any atom is 0.257 e. The molecule has 1 amide bonds. The lowest BCUT2D eigenvalue weighted by molar-refractivity contribution is -0.117. The summed E-state index contributed by atoms with van der Waals surface area (Å²) in [7, 11) is 1.57. The van der Waals surface area contributed by atoms with Crippen LogP contribution in [0.15, 0.2) is 4.79 Å². The van der Waals surface area contributed by atoms with Crippen molar-refractivity contribution in [2.24, 2.45) is 0 Å². The topological polar surface area (TPSA) is 66.1 Å². The van der Waals surface area contributed by atoms with Crippen molar-refractivity contribution in [3.05, 3.63) is 21.2 Å². The summed E-state index contributed by atoms with van der Waals surface area (Å²) in [5.41, 5.74) is 0.0459. The fraction of sp³-hybridized carbons (Fsp3) is 0.286. The van der Waals surface area contributed by atoms with Crippen LogP contribution in [0.1, 0.15) is 5.56 Å². The molecule has 6 heteroatoms. The average molecular weight is 200 g/mol. The van der Waals surface area contributed by atoms with Gasteiger partial charge in [0.2, 0.25) is 11.2 Å². The third-order valence-electron chi connectivity index (χ3n) is 1.98. The van der Waals surface area contributed by atoms with Crippen molar-refractivity contribution < 1.29 is 4.79 Å². The van der Waals surface area contributed by atoms with Crippen molar-refractivity contribution in [1.29, 1.82) is 0 Å². The highest BCUT2D eigenvalue weighted by Crippen LogP contribution is 2.22. The fourth-order valence-electron chi connectivity index (χ4n) is 1.28. The van der Waals surface area contributed by atoms with Crippen LogP contribution in [0.4, 0.5) is 5.82 Å². The zero-order valence-electron chi connectivity index (χ0n) is 6.80. The van der Waals surface area contributed by atoms with Crippen molar-refractivity contribution in [1.82, 2.24) is 9.97 Å². The molecule has 1 aromatic rings. The molecule has 0 saturated heterocycles. The van der Waals surface area contributed by atoms with Gasteiger partial charge in [0.1, 0.15) is 5.82 Å². The van der Waals surface area contributed by atoms with Gasteiger partial charge in [0.15, 0.2) is 0 Å². The van der Waals surface area contributed by atoms with Gasteiger partial charge in [0, 0.05) is 7.05 Å². The first-order valence-electron chi connectivity index (χ1n) is 3.65.